The van der Waals surface area contributed by atoms with Crippen LogP contribution >= 0.6 is 0 Å². The summed E-state index contributed by atoms with van der Waals surface area (Å²) in [5.74, 6) is -0.359. The first-order valence-electron chi connectivity index (χ1n) is 7.65. The maximum atomic E-state index is 13.2. The van der Waals surface area contributed by atoms with Gasteiger partial charge in [-0.2, -0.15) is 0 Å². The zero-order valence-electron chi connectivity index (χ0n) is 12.6. The summed E-state index contributed by atoms with van der Waals surface area (Å²) in [6.45, 7) is 3.02. The molecule has 0 aromatic heterocycles. The molecule has 0 bridgehead atoms. The lowest BCUT2D eigenvalue weighted by atomic mass is 9.80. The number of amides is 2. The number of nitrogens with zero attached hydrogens (tertiary/aromatic N) is 1. The van der Waals surface area contributed by atoms with Gasteiger partial charge in [-0.1, -0.05) is 25.3 Å². The zero-order chi connectivity index (χ0) is 15.3. The van der Waals surface area contributed by atoms with E-state index in [0.29, 0.717) is 18.8 Å². The second kappa shape index (κ2) is 6.89. The number of urea groups is 1. The first-order valence-corrected chi connectivity index (χ1v) is 7.65. The van der Waals surface area contributed by atoms with Crippen LogP contribution in [0.25, 0.3) is 0 Å². The van der Waals surface area contributed by atoms with Gasteiger partial charge in [0.1, 0.15) is 5.82 Å². The summed E-state index contributed by atoms with van der Waals surface area (Å²) >= 11 is 0. The summed E-state index contributed by atoms with van der Waals surface area (Å²) < 4.78 is 13.2. The average Bonchev–Trinajstić information content (AvgIpc) is 2.49. The summed E-state index contributed by atoms with van der Waals surface area (Å²) in [7, 11) is 0. The molecular weight excluding hydrogens is 269 g/mol. The highest BCUT2D eigenvalue weighted by atomic mass is 19.1. The van der Waals surface area contributed by atoms with Crippen LogP contribution in [0.2, 0.25) is 0 Å². The molecule has 0 unspecified atom stereocenters. The number of halogens is 1. The Morgan fingerprint density at radius 3 is 2.67 bits per heavy atom. The number of hydrogen-bond donors (Lipinski definition) is 2. The van der Waals surface area contributed by atoms with Crippen LogP contribution in [0.5, 0.6) is 0 Å². The van der Waals surface area contributed by atoms with Crippen LogP contribution in [-0.2, 0) is 0 Å². The first kappa shape index (κ1) is 15.8. The molecular formula is C16H24FN3O. The normalized spacial score (nSPS) is 17.3. The molecule has 1 aromatic rings. The summed E-state index contributed by atoms with van der Waals surface area (Å²) in [4.78, 5) is 14.4. The number of hydrogen-bond acceptors (Lipinski definition) is 2. The predicted molar refractivity (Wildman–Crippen MR) is 82.7 cm³/mol. The van der Waals surface area contributed by atoms with Crippen LogP contribution in [-0.4, -0.2) is 29.6 Å². The molecule has 116 valence electrons. The highest BCUT2D eigenvalue weighted by molar-refractivity contribution is 5.89. The van der Waals surface area contributed by atoms with Gasteiger partial charge >= 0.3 is 6.03 Å². The van der Waals surface area contributed by atoms with E-state index in [4.69, 9.17) is 5.73 Å². The van der Waals surface area contributed by atoms with Crippen molar-refractivity contribution in [3.63, 3.8) is 0 Å². The SMILES string of the molecule is CCN(C(=O)Nc1cccc(F)c1)C1(CN)CCCCC1. The summed E-state index contributed by atoms with van der Waals surface area (Å²) in [5, 5.41) is 2.78. The smallest absolute Gasteiger partial charge is 0.322 e. The van der Waals surface area contributed by atoms with Crippen molar-refractivity contribution in [3.05, 3.63) is 30.1 Å². The van der Waals surface area contributed by atoms with Gasteiger partial charge in [0, 0.05) is 18.8 Å². The molecule has 2 amide bonds. The monoisotopic (exact) mass is 293 g/mol. The number of benzene rings is 1. The van der Waals surface area contributed by atoms with Crippen LogP contribution in [0.1, 0.15) is 39.0 Å². The third-order valence-electron chi connectivity index (χ3n) is 4.37. The van der Waals surface area contributed by atoms with Crippen LogP contribution in [0.3, 0.4) is 0 Å². The van der Waals surface area contributed by atoms with Gasteiger partial charge < -0.3 is 16.0 Å². The molecule has 0 radical (unpaired) electrons. The highest BCUT2D eigenvalue weighted by Crippen LogP contribution is 2.33. The summed E-state index contributed by atoms with van der Waals surface area (Å²) in [6.07, 6.45) is 5.27. The maximum Gasteiger partial charge on any atom is 0.322 e. The van der Waals surface area contributed by atoms with Crippen molar-refractivity contribution in [1.29, 1.82) is 0 Å². The standard InChI is InChI=1S/C16H24FN3O/c1-2-20(16(12-18)9-4-3-5-10-16)15(21)19-14-8-6-7-13(17)11-14/h6-8,11H,2-5,9-10,12,18H2,1H3,(H,19,21). The van der Waals surface area contributed by atoms with Gasteiger partial charge in [-0.3, -0.25) is 0 Å². The molecule has 4 nitrogen and oxygen atoms in total. The zero-order valence-corrected chi connectivity index (χ0v) is 12.6. The molecule has 0 atom stereocenters. The molecule has 3 N–H and O–H groups in total. The fraction of sp³-hybridized carbons (Fsp3) is 0.562. The lowest BCUT2D eigenvalue weighted by Crippen LogP contribution is -2.58. The van der Waals surface area contributed by atoms with E-state index >= 15 is 0 Å². The minimum absolute atomic E-state index is 0.199. The maximum absolute atomic E-state index is 13.2. The number of carbonyl (C=O) groups excluding carboxylic acids is 1. The predicted octanol–water partition coefficient (Wildman–Crippen LogP) is 3.34. The number of nitrogens with one attached hydrogen (secondary N) is 1. The van der Waals surface area contributed by atoms with Crippen LogP contribution < -0.4 is 11.1 Å². The summed E-state index contributed by atoms with van der Waals surface area (Å²) in [6, 6.07) is 5.75. The van der Waals surface area contributed by atoms with Crippen molar-refractivity contribution in [2.75, 3.05) is 18.4 Å². The molecule has 2 rings (SSSR count). The Kier molecular flexibility index (Phi) is 5.17. The molecule has 21 heavy (non-hydrogen) atoms. The highest BCUT2D eigenvalue weighted by Gasteiger charge is 2.38. The van der Waals surface area contributed by atoms with Crippen molar-refractivity contribution < 1.29 is 9.18 Å². The Labute approximate surface area is 125 Å². The van der Waals surface area contributed by atoms with Gasteiger partial charge in [0.05, 0.1) is 5.54 Å². The largest absolute Gasteiger partial charge is 0.328 e. The quantitative estimate of drug-likeness (QED) is 0.894. The molecule has 0 heterocycles. The molecule has 1 aromatic carbocycles. The second-order valence-corrected chi connectivity index (χ2v) is 5.67. The van der Waals surface area contributed by atoms with E-state index < -0.39 is 0 Å². The molecule has 0 aliphatic heterocycles. The third-order valence-corrected chi connectivity index (χ3v) is 4.37. The second-order valence-electron chi connectivity index (χ2n) is 5.67. The lowest BCUT2D eigenvalue weighted by molar-refractivity contribution is 0.0954. The van der Waals surface area contributed by atoms with Gasteiger partial charge in [-0.15, -0.1) is 0 Å². The third kappa shape index (κ3) is 3.53. The number of anilines is 1. The Morgan fingerprint density at radius 2 is 2.10 bits per heavy atom. The van der Waals surface area contributed by atoms with E-state index in [1.165, 1.54) is 18.6 Å². The van der Waals surface area contributed by atoms with Gasteiger partial charge in [0.2, 0.25) is 0 Å². The topological polar surface area (TPSA) is 58.4 Å². The Morgan fingerprint density at radius 1 is 1.38 bits per heavy atom. The number of likely N-dealkylation sites (N-methyl/N-ethyl adjacent to an activating group) is 1. The van der Waals surface area contributed by atoms with Gasteiger partial charge in [-0.25, -0.2) is 9.18 Å². The van der Waals surface area contributed by atoms with E-state index in [1.807, 2.05) is 11.8 Å². The lowest BCUT2D eigenvalue weighted by Gasteiger charge is -2.45. The van der Waals surface area contributed by atoms with Crippen molar-refractivity contribution in [3.8, 4) is 0 Å². The van der Waals surface area contributed by atoms with Gasteiger partial charge in [-0.05, 0) is 38.0 Å². The number of nitrogens with two attached hydrogens (primary N) is 1. The van der Waals surface area contributed by atoms with E-state index in [1.54, 1.807) is 12.1 Å². The number of carbonyl (C=O) groups is 1. The van der Waals surface area contributed by atoms with Crippen molar-refractivity contribution in [2.24, 2.45) is 5.73 Å². The fourth-order valence-corrected chi connectivity index (χ4v) is 3.25. The Balaban J connectivity index is 2.14. The number of rotatable bonds is 4. The van der Waals surface area contributed by atoms with E-state index in [-0.39, 0.29) is 17.4 Å². The van der Waals surface area contributed by atoms with Gasteiger partial charge in [0.15, 0.2) is 0 Å². The van der Waals surface area contributed by atoms with Crippen molar-refractivity contribution in [1.82, 2.24) is 4.90 Å². The molecule has 5 heteroatoms. The van der Waals surface area contributed by atoms with Crippen molar-refractivity contribution >= 4 is 11.7 Å². The molecule has 0 spiro atoms. The molecule has 1 aliphatic carbocycles. The van der Waals surface area contributed by atoms with Gasteiger partial charge in [0.25, 0.3) is 0 Å². The Hall–Kier alpha value is -1.62. The molecule has 1 fully saturated rings. The fourth-order valence-electron chi connectivity index (χ4n) is 3.25. The Bertz CT molecular complexity index is 486. The minimum Gasteiger partial charge on any atom is -0.328 e. The summed E-state index contributed by atoms with van der Waals surface area (Å²) in [5.41, 5.74) is 6.20. The molecule has 1 saturated carbocycles. The minimum atomic E-state index is -0.359. The van der Waals surface area contributed by atoms with Crippen LogP contribution in [0.4, 0.5) is 14.9 Å². The van der Waals surface area contributed by atoms with E-state index in [2.05, 4.69) is 5.32 Å². The molecule has 0 saturated heterocycles. The molecule has 1 aliphatic rings. The average molecular weight is 293 g/mol. The van der Waals surface area contributed by atoms with Crippen LogP contribution in [0, 0.1) is 5.82 Å². The first-order chi connectivity index (χ1) is 10.1. The van der Waals surface area contributed by atoms with E-state index in [0.717, 1.165) is 25.7 Å². The van der Waals surface area contributed by atoms with Crippen molar-refractivity contribution in [2.45, 2.75) is 44.6 Å². The van der Waals surface area contributed by atoms with E-state index in [9.17, 15) is 9.18 Å². The van der Waals surface area contributed by atoms with Crippen LogP contribution in [0.15, 0.2) is 24.3 Å².